The number of carbonyl (C=O) groups is 2. The van der Waals surface area contributed by atoms with E-state index >= 15 is 0 Å². The minimum atomic E-state index is -0.874. The van der Waals surface area contributed by atoms with Gasteiger partial charge in [0, 0.05) is 39.3 Å². The van der Waals surface area contributed by atoms with Gasteiger partial charge in [-0.25, -0.2) is 9.59 Å². The van der Waals surface area contributed by atoms with E-state index in [0.717, 1.165) is 32.5 Å². The van der Waals surface area contributed by atoms with Crippen LogP contribution in [0.4, 0.5) is 4.79 Å². The molecule has 120 valence electrons. The number of piperidine rings is 1. The number of likely N-dealkylation sites (tertiary alicyclic amines) is 1. The van der Waals surface area contributed by atoms with E-state index in [4.69, 9.17) is 0 Å². The fourth-order valence-electron chi connectivity index (χ4n) is 3.24. The number of carboxylic acid groups (broad SMARTS) is 1. The number of hydrogen-bond donors (Lipinski definition) is 1. The summed E-state index contributed by atoms with van der Waals surface area (Å²) >= 11 is 0. The Morgan fingerprint density at radius 3 is 2.33 bits per heavy atom. The van der Waals surface area contributed by atoms with Crippen LogP contribution in [0.15, 0.2) is 0 Å². The third-order valence-electron chi connectivity index (χ3n) is 4.30. The van der Waals surface area contributed by atoms with E-state index in [1.54, 1.807) is 4.90 Å². The zero-order valence-electron chi connectivity index (χ0n) is 13.1. The van der Waals surface area contributed by atoms with Gasteiger partial charge in [-0.15, -0.1) is 0 Å². The Labute approximate surface area is 126 Å². The van der Waals surface area contributed by atoms with Crippen molar-refractivity contribution < 1.29 is 14.7 Å². The number of aliphatic carboxylic acids is 1. The molecule has 6 nitrogen and oxygen atoms in total. The molecule has 0 saturated carbocycles. The van der Waals surface area contributed by atoms with Gasteiger partial charge in [-0.2, -0.15) is 0 Å². The van der Waals surface area contributed by atoms with Gasteiger partial charge in [0.1, 0.15) is 6.04 Å². The van der Waals surface area contributed by atoms with Crippen LogP contribution in [0.1, 0.15) is 33.1 Å². The number of carbonyl (C=O) groups excluding carboxylic acids is 1. The first kappa shape index (κ1) is 16.1. The van der Waals surface area contributed by atoms with Crippen LogP contribution in [0.5, 0.6) is 0 Å². The van der Waals surface area contributed by atoms with Crippen molar-refractivity contribution in [2.24, 2.45) is 5.92 Å². The topological polar surface area (TPSA) is 64.1 Å². The predicted molar refractivity (Wildman–Crippen MR) is 80.2 cm³/mol. The molecule has 2 aliphatic rings. The lowest BCUT2D eigenvalue weighted by Gasteiger charge is -2.41. The Morgan fingerprint density at radius 2 is 1.76 bits per heavy atom. The summed E-state index contributed by atoms with van der Waals surface area (Å²) in [5, 5.41) is 9.28. The molecule has 0 aromatic carbocycles. The highest BCUT2D eigenvalue weighted by Crippen LogP contribution is 2.19. The monoisotopic (exact) mass is 297 g/mol. The Bertz CT molecular complexity index is 378. The molecule has 1 unspecified atom stereocenters. The minimum absolute atomic E-state index is 0.0914. The molecule has 0 aromatic rings. The number of carboxylic acids is 1. The molecule has 0 aromatic heterocycles. The molecule has 2 amide bonds. The van der Waals surface area contributed by atoms with E-state index in [-0.39, 0.29) is 6.03 Å². The Kier molecular flexibility index (Phi) is 5.45. The van der Waals surface area contributed by atoms with E-state index in [2.05, 4.69) is 18.7 Å². The zero-order chi connectivity index (χ0) is 15.4. The molecule has 1 atom stereocenters. The highest BCUT2D eigenvalue weighted by Gasteiger charge is 2.35. The van der Waals surface area contributed by atoms with Crippen LogP contribution in [0.3, 0.4) is 0 Å². The average Bonchev–Trinajstić information content (AvgIpc) is 2.46. The zero-order valence-corrected chi connectivity index (χ0v) is 13.1. The third-order valence-corrected chi connectivity index (χ3v) is 4.30. The van der Waals surface area contributed by atoms with Gasteiger partial charge in [0.15, 0.2) is 0 Å². The Hall–Kier alpha value is -1.30. The summed E-state index contributed by atoms with van der Waals surface area (Å²) in [6, 6.07) is -0.730. The van der Waals surface area contributed by atoms with E-state index < -0.39 is 12.0 Å². The predicted octanol–water partition coefficient (Wildman–Crippen LogP) is 1.32. The number of urea groups is 1. The van der Waals surface area contributed by atoms with Crippen molar-refractivity contribution in [1.29, 1.82) is 0 Å². The number of hydrogen-bond acceptors (Lipinski definition) is 3. The maximum Gasteiger partial charge on any atom is 0.326 e. The Morgan fingerprint density at radius 1 is 1.10 bits per heavy atom. The molecule has 0 bridgehead atoms. The van der Waals surface area contributed by atoms with Crippen LogP contribution in [-0.4, -0.2) is 77.1 Å². The van der Waals surface area contributed by atoms with Gasteiger partial charge in [0.05, 0.1) is 0 Å². The molecule has 21 heavy (non-hydrogen) atoms. The summed E-state index contributed by atoms with van der Waals surface area (Å²) in [5.74, 6) is -0.243. The minimum Gasteiger partial charge on any atom is -0.480 e. The molecule has 2 saturated heterocycles. The van der Waals surface area contributed by atoms with Gasteiger partial charge < -0.3 is 14.9 Å². The number of nitrogens with zero attached hydrogens (tertiary/aromatic N) is 3. The largest absolute Gasteiger partial charge is 0.480 e. The third kappa shape index (κ3) is 4.09. The lowest BCUT2D eigenvalue weighted by molar-refractivity contribution is -0.143. The first-order valence-corrected chi connectivity index (χ1v) is 7.99. The van der Waals surface area contributed by atoms with Gasteiger partial charge in [-0.3, -0.25) is 4.90 Å². The van der Waals surface area contributed by atoms with Crippen LogP contribution in [0.25, 0.3) is 0 Å². The normalized spacial score (nSPS) is 24.4. The maximum atomic E-state index is 12.6. The second kappa shape index (κ2) is 7.11. The van der Waals surface area contributed by atoms with Gasteiger partial charge in [-0.1, -0.05) is 13.8 Å². The quantitative estimate of drug-likeness (QED) is 0.853. The van der Waals surface area contributed by atoms with Crippen molar-refractivity contribution >= 4 is 12.0 Å². The second-order valence-corrected chi connectivity index (χ2v) is 6.51. The van der Waals surface area contributed by atoms with Crippen molar-refractivity contribution in [3.8, 4) is 0 Å². The van der Waals surface area contributed by atoms with E-state index in [0.29, 0.717) is 32.0 Å². The molecule has 0 aliphatic carbocycles. The molecular formula is C15H27N3O3. The highest BCUT2D eigenvalue weighted by atomic mass is 16.4. The molecule has 0 radical (unpaired) electrons. The summed E-state index contributed by atoms with van der Waals surface area (Å²) < 4.78 is 0. The summed E-state index contributed by atoms with van der Waals surface area (Å²) in [6.45, 7) is 9.20. The number of piperazine rings is 1. The fraction of sp³-hybridized carbons (Fsp3) is 0.867. The van der Waals surface area contributed by atoms with Crippen LogP contribution >= 0.6 is 0 Å². The van der Waals surface area contributed by atoms with Crippen molar-refractivity contribution in [3.63, 3.8) is 0 Å². The molecule has 2 aliphatic heterocycles. The standard InChI is InChI=1S/C15H27N3O3/c1-12(2)11-16-7-9-17(10-8-16)15(21)18-6-4-3-5-13(18)14(19)20/h12-13H,3-11H2,1-2H3,(H,19,20). The smallest absolute Gasteiger partial charge is 0.326 e. The lowest BCUT2D eigenvalue weighted by atomic mass is 10.0. The number of amides is 2. The SMILES string of the molecule is CC(C)CN1CCN(C(=O)N2CCCCC2C(=O)O)CC1. The lowest BCUT2D eigenvalue weighted by Crippen LogP contribution is -2.57. The molecule has 0 spiro atoms. The van der Waals surface area contributed by atoms with E-state index in [9.17, 15) is 14.7 Å². The van der Waals surface area contributed by atoms with E-state index in [1.165, 1.54) is 0 Å². The summed E-state index contributed by atoms with van der Waals surface area (Å²) in [6.07, 6.45) is 2.38. The van der Waals surface area contributed by atoms with Gasteiger partial charge in [0.2, 0.25) is 0 Å². The summed E-state index contributed by atoms with van der Waals surface area (Å²) in [4.78, 5) is 29.6. The fourth-order valence-corrected chi connectivity index (χ4v) is 3.24. The van der Waals surface area contributed by atoms with Crippen molar-refractivity contribution in [2.75, 3.05) is 39.3 Å². The van der Waals surface area contributed by atoms with Crippen LogP contribution in [0.2, 0.25) is 0 Å². The van der Waals surface area contributed by atoms with Gasteiger partial charge >= 0.3 is 12.0 Å². The Balaban J connectivity index is 1.90. The van der Waals surface area contributed by atoms with Gasteiger partial charge in [0.25, 0.3) is 0 Å². The second-order valence-electron chi connectivity index (χ2n) is 6.51. The molecule has 2 heterocycles. The van der Waals surface area contributed by atoms with Crippen molar-refractivity contribution in [1.82, 2.24) is 14.7 Å². The first-order valence-electron chi connectivity index (χ1n) is 7.99. The van der Waals surface area contributed by atoms with Crippen LogP contribution in [0, 0.1) is 5.92 Å². The van der Waals surface area contributed by atoms with Crippen molar-refractivity contribution in [3.05, 3.63) is 0 Å². The summed E-state index contributed by atoms with van der Waals surface area (Å²) in [7, 11) is 0. The highest BCUT2D eigenvalue weighted by molar-refractivity contribution is 5.83. The molecule has 2 fully saturated rings. The molecular weight excluding hydrogens is 270 g/mol. The summed E-state index contributed by atoms with van der Waals surface area (Å²) in [5.41, 5.74) is 0. The molecule has 2 rings (SSSR count). The van der Waals surface area contributed by atoms with Crippen molar-refractivity contribution in [2.45, 2.75) is 39.2 Å². The first-order chi connectivity index (χ1) is 9.99. The van der Waals surface area contributed by atoms with E-state index in [1.807, 2.05) is 4.90 Å². The average molecular weight is 297 g/mol. The van der Waals surface area contributed by atoms with Crippen LogP contribution in [-0.2, 0) is 4.79 Å². The number of rotatable bonds is 3. The molecule has 1 N–H and O–H groups in total. The van der Waals surface area contributed by atoms with Gasteiger partial charge in [-0.05, 0) is 25.2 Å². The molecule has 6 heteroatoms. The maximum absolute atomic E-state index is 12.6. The van der Waals surface area contributed by atoms with Crippen LogP contribution < -0.4 is 0 Å².